The standard InChI is InChI=1S/C56H86O5/c1-3-5-7-9-11-12-13-14-15-16-17-18-19-20-21-22-23-24-25-26-27-28-29-30-31-32-33-34-35-36-37-38-39-40-41-42-43-44-45-47-49-51-56(59)61-54(52-57)53-60-55(58)50-48-46-10-8-6-4-2/h5,7,11-12,14-15,17-18,20-21,23-24,26-27,29-30,32-33,35-36,38-39,41-42,54,57H,3-4,6,8-10,13,16,19,22,25,28,31,34,37,40,43-53H2,1-2H3/b7-5-,12-11-,15-14-,18-17-,21-20-,24-23-,27-26-,30-29-,33-32-,36-35-,39-38-,42-41-. The third-order valence-corrected chi connectivity index (χ3v) is 9.40. The Morgan fingerprint density at radius 2 is 0.705 bits per heavy atom. The highest BCUT2D eigenvalue weighted by molar-refractivity contribution is 5.70. The lowest BCUT2D eigenvalue weighted by Crippen LogP contribution is -2.28. The summed E-state index contributed by atoms with van der Waals surface area (Å²) in [6.45, 7) is 3.91. The fourth-order valence-corrected chi connectivity index (χ4v) is 5.83. The number of aliphatic hydroxyl groups excluding tert-OH is 1. The second kappa shape index (κ2) is 50.1. The molecule has 61 heavy (non-hydrogen) atoms. The minimum atomic E-state index is -0.790. The molecule has 0 bridgehead atoms. The van der Waals surface area contributed by atoms with Crippen LogP contribution in [0.4, 0.5) is 0 Å². The largest absolute Gasteiger partial charge is 0.462 e. The summed E-state index contributed by atoms with van der Waals surface area (Å²) < 4.78 is 10.5. The van der Waals surface area contributed by atoms with Crippen molar-refractivity contribution in [2.75, 3.05) is 13.2 Å². The molecule has 0 saturated carbocycles. The van der Waals surface area contributed by atoms with Gasteiger partial charge in [-0.25, -0.2) is 0 Å². The Morgan fingerprint density at radius 3 is 1.07 bits per heavy atom. The van der Waals surface area contributed by atoms with E-state index in [1.807, 2.05) is 0 Å². The SMILES string of the molecule is CC/C=C\C/C=C\C/C=C\C/C=C\C/C=C\C/C=C\C/C=C\C/C=C\C/C=C\C/C=C\C/C=C\C/C=C\CCCCCCC(=O)OC(CO)COC(=O)CCCCCCCC. The summed E-state index contributed by atoms with van der Waals surface area (Å²) in [5.74, 6) is -0.643. The van der Waals surface area contributed by atoms with E-state index >= 15 is 0 Å². The highest BCUT2D eigenvalue weighted by atomic mass is 16.6. The zero-order chi connectivity index (χ0) is 44.2. The number of aliphatic hydroxyl groups is 1. The molecule has 0 aromatic carbocycles. The van der Waals surface area contributed by atoms with Gasteiger partial charge in [-0.15, -0.1) is 0 Å². The van der Waals surface area contributed by atoms with Crippen LogP contribution in [0.2, 0.25) is 0 Å². The Balaban J connectivity index is 3.69. The number of allylic oxidation sites excluding steroid dienone is 24. The van der Waals surface area contributed by atoms with Crippen molar-refractivity contribution in [2.24, 2.45) is 0 Å². The molecule has 0 saturated heterocycles. The van der Waals surface area contributed by atoms with Gasteiger partial charge in [-0.1, -0.05) is 205 Å². The maximum absolute atomic E-state index is 12.1. The Bertz CT molecular complexity index is 1360. The van der Waals surface area contributed by atoms with Gasteiger partial charge in [0.2, 0.25) is 0 Å². The van der Waals surface area contributed by atoms with E-state index in [1.54, 1.807) is 0 Å². The Morgan fingerprint density at radius 1 is 0.393 bits per heavy atom. The summed E-state index contributed by atoms with van der Waals surface area (Å²) in [4.78, 5) is 24.1. The van der Waals surface area contributed by atoms with Crippen molar-refractivity contribution in [2.45, 2.75) is 180 Å². The predicted molar refractivity (Wildman–Crippen MR) is 264 cm³/mol. The monoisotopic (exact) mass is 839 g/mol. The van der Waals surface area contributed by atoms with Crippen LogP contribution in [0.25, 0.3) is 0 Å². The third kappa shape index (κ3) is 48.3. The van der Waals surface area contributed by atoms with Gasteiger partial charge >= 0.3 is 11.9 Å². The van der Waals surface area contributed by atoms with Gasteiger partial charge < -0.3 is 14.6 Å². The second-order valence-corrected chi connectivity index (χ2v) is 15.1. The first kappa shape index (κ1) is 56.8. The van der Waals surface area contributed by atoms with Crippen LogP contribution in [0.5, 0.6) is 0 Å². The topological polar surface area (TPSA) is 72.8 Å². The molecule has 0 heterocycles. The Labute approximate surface area is 374 Å². The lowest BCUT2D eigenvalue weighted by molar-refractivity contribution is -0.161. The van der Waals surface area contributed by atoms with Gasteiger partial charge in [-0.05, 0) is 103 Å². The van der Waals surface area contributed by atoms with Gasteiger partial charge in [0.25, 0.3) is 0 Å². The van der Waals surface area contributed by atoms with Crippen LogP contribution in [0, 0.1) is 0 Å². The molecule has 5 heteroatoms. The van der Waals surface area contributed by atoms with Crippen molar-refractivity contribution in [1.29, 1.82) is 0 Å². The normalized spacial score (nSPS) is 13.6. The summed E-state index contributed by atoms with van der Waals surface area (Å²) in [5, 5.41) is 9.50. The minimum absolute atomic E-state index is 0.0848. The highest BCUT2D eigenvalue weighted by Gasteiger charge is 2.16. The fourth-order valence-electron chi connectivity index (χ4n) is 5.83. The molecule has 0 fully saturated rings. The number of rotatable bonds is 41. The van der Waals surface area contributed by atoms with Gasteiger partial charge in [0.1, 0.15) is 6.61 Å². The number of esters is 2. The van der Waals surface area contributed by atoms with E-state index in [0.29, 0.717) is 12.8 Å². The molecule has 0 amide bonds. The first-order valence-electron chi connectivity index (χ1n) is 23.9. The zero-order valence-corrected chi connectivity index (χ0v) is 38.6. The van der Waals surface area contributed by atoms with Crippen LogP contribution in [-0.4, -0.2) is 36.4 Å². The van der Waals surface area contributed by atoms with E-state index in [1.165, 1.54) is 19.3 Å². The quantitative estimate of drug-likeness (QED) is 0.0377. The van der Waals surface area contributed by atoms with E-state index < -0.39 is 6.10 Å². The maximum atomic E-state index is 12.1. The van der Waals surface area contributed by atoms with Crippen molar-refractivity contribution in [3.8, 4) is 0 Å². The van der Waals surface area contributed by atoms with Crippen molar-refractivity contribution >= 4 is 11.9 Å². The molecule has 1 N–H and O–H groups in total. The van der Waals surface area contributed by atoms with Crippen molar-refractivity contribution in [3.63, 3.8) is 0 Å². The van der Waals surface area contributed by atoms with Crippen LogP contribution in [-0.2, 0) is 19.1 Å². The lowest BCUT2D eigenvalue weighted by Gasteiger charge is -2.15. The van der Waals surface area contributed by atoms with Crippen LogP contribution < -0.4 is 0 Å². The van der Waals surface area contributed by atoms with E-state index in [0.717, 1.165) is 128 Å². The molecule has 340 valence electrons. The second-order valence-electron chi connectivity index (χ2n) is 15.1. The molecule has 0 radical (unpaired) electrons. The highest BCUT2D eigenvalue weighted by Crippen LogP contribution is 2.10. The number of hydrogen-bond acceptors (Lipinski definition) is 5. The maximum Gasteiger partial charge on any atom is 0.306 e. The number of carbonyl (C=O) groups is 2. The third-order valence-electron chi connectivity index (χ3n) is 9.40. The lowest BCUT2D eigenvalue weighted by atomic mass is 10.1. The van der Waals surface area contributed by atoms with Crippen molar-refractivity contribution in [1.82, 2.24) is 0 Å². The van der Waals surface area contributed by atoms with Crippen molar-refractivity contribution < 1.29 is 24.2 Å². The molecule has 0 aliphatic rings. The summed E-state index contributed by atoms with van der Waals surface area (Å²) in [5.41, 5.74) is 0. The van der Waals surface area contributed by atoms with Crippen LogP contribution in [0.1, 0.15) is 174 Å². The number of carbonyl (C=O) groups excluding carboxylic acids is 2. The molecule has 1 atom stereocenters. The van der Waals surface area contributed by atoms with Crippen molar-refractivity contribution in [3.05, 3.63) is 146 Å². The molecular weight excluding hydrogens is 753 g/mol. The predicted octanol–water partition coefficient (Wildman–Crippen LogP) is 15.9. The van der Waals surface area contributed by atoms with Crippen LogP contribution >= 0.6 is 0 Å². The molecule has 1 unspecified atom stereocenters. The molecular formula is C56H86O5. The number of ether oxygens (including phenoxy) is 2. The molecule has 0 aromatic rings. The van der Waals surface area contributed by atoms with Gasteiger partial charge in [0.15, 0.2) is 6.10 Å². The summed E-state index contributed by atoms with van der Waals surface area (Å²) in [6, 6.07) is 0. The van der Waals surface area contributed by atoms with Gasteiger partial charge in [0.05, 0.1) is 6.61 Å². The Hall–Kier alpha value is -4.22. The number of hydrogen-bond donors (Lipinski definition) is 1. The first-order valence-corrected chi connectivity index (χ1v) is 23.9. The summed E-state index contributed by atoms with van der Waals surface area (Å²) in [7, 11) is 0. The van der Waals surface area contributed by atoms with Gasteiger partial charge in [-0.2, -0.15) is 0 Å². The van der Waals surface area contributed by atoms with Crippen LogP contribution in [0.3, 0.4) is 0 Å². The van der Waals surface area contributed by atoms with Gasteiger partial charge in [-0.3, -0.25) is 9.59 Å². The first-order chi connectivity index (χ1) is 30.1. The Kier molecular flexibility index (Phi) is 46.7. The zero-order valence-electron chi connectivity index (χ0n) is 38.6. The smallest absolute Gasteiger partial charge is 0.306 e. The molecule has 0 spiro atoms. The molecule has 0 aromatic heterocycles. The summed E-state index contributed by atoms with van der Waals surface area (Å²) >= 11 is 0. The molecule has 0 rings (SSSR count). The average molecular weight is 839 g/mol. The van der Waals surface area contributed by atoms with Gasteiger partial charge in [0, 0.05) is 12.8 Å². The van der Waals surface area contributed by atoms with E-state index in [4.69, 9.17) is 9.47 Å². The van der Waals surface area contributed by atoms with E-state index in [9.17, 15) is 14.7 Å². The minimum Gasteiger partial charge on any atom is -0.462 e. The summed E-state index contributed by atoms with van der Waals surface area (Å²) in [6.07, 6.45) is 76.8. The average Bonchev–Trinajstić information content (AvgIpc) is 3.26. The van der Waals surface area contributed by atoms with E-state index in [2.05, 4.69) is 160 Å². The number of unbranched alkanes of at least 4 members (excludes halogenated alkanes) is 9. The fraction of sp³-hybridized carbons (Fsp3) is 0.536. The van der Waals surface area contributed by atoms with Crippen LogP contribution in [0.15, 0.2) is 146 Å². The van der Waals surface area contributed by atoms with E-state index in [-0.39, 0.29) is 25.2 Å². The molecule has 0 aliphatic heterocycles. The molecule has 5 nitrogen and oxygen atoms in total. The molecule has 0 aliphatic carbocycles.